The molecule has 1 aromatic heterocycles. The number of nitrogens with one attached hydrogen (secondary N) is 1. The highest BCUT2D eigenvalue weighted by Crippen LogP contribution is 2.44. The summed E-state index contributed by atoms with van der Waals surface area (Å²) in [6.07, 6.45) is 5.02. The molecule has 2 bridgehead atoms. The molecule has 0 spiro atoms. The zero-order valence-corrected chi connectivity index (χ0v) is 17.5. The Morgan fingerprint density at radius 2 is 1.60 bits per heavy atom. The number of aromatic nitrogens is 3. The van der Waals surface area contributed by atoms with Gasteiger partial charge in [-0.2, -0.15) is 0 Å². The molecule has 2 saturated carbocycles. The zero-order valence-electron chi connectivity index (χ0n) is 16.7. The lowest BCUT2D eigenvalue weighted by atomic mass is 9.95. The van der Waals surface area contributed by atoms with E-state index in [4.69, 9.17) is 4.98 Å². The molecule has 3 atom stereocenters. The molecule has 152 valence electrons. The van der Waals surface area contributed by atoms with Crippen LogP contribution in [0.15, 0.2) is 65.8 Å². The van der Waals surface area contributed by atoms with Gasteiger partial charge in [0.2, 0.25) is 11.1 Å². The maximum absolute atomic E-state index is 12.5. The second-order valence-electron chi connectivity index (χ2n) is 8.16. The van der Waals surface area contributed by atoms with Crippen LogP contribution >= 0.6 is 11.8 Å². The quantitative estimate of drug-likeness (QED) is 0.595. The molecule has 6 heteroatoms. The molecule has 1 heterocycles. The third-order valence-corrected chi connectivity index (χ3v) is 7.02. The molecule has 2 aliphatic carbocycles. The fourth-order valence-corrected chi connectivity index (χ4v) is 5.36. The van der Waals surface area contributed by atoms with Crippen LogP contribution in [-0.2, 0) is 4.79 Å². The van der Waals surface area contributed by atoms with Crippen LogP contribution in [0.5, 0.6) is 0 Å². The predicted molar refractivity (Wildman–Crippen MR) is 119 cm³/mol. The molecule has 3 aromatic rings. The van der Waals surface area contributed by atoms with Gasteiger partial charge in [-0.25, -0.2) is 4.98 Å². The molecule has 0 radical (unpaired) electrons. The Balaban J connectivity index is 1.32. The van der Waals surface area contributed by atoms with Gasteiger partial charge in [-0.15, -0.1) is 10.2 Å². The molecule has 0 saturated heterocycles. The van der Waals surface area contributed by atoms with E-state index < -0.39 is 0 Å². The normalized spacial score (nSPS) is 22.2. The number of hydrogen-bond donors (Lipinski definition) is 1. The molecule has 1 amide bonds. The second-order valence-corrected chi connectivity index (χ2v) is 9.10. The topological polar surface area (TPSA) is 67.8 Å². The monoisotopic (exact) mass is 416 g/mol. The molecule has 2 aliphatic rings. The largest absolute Gasteiger partial charge is 0.352 e. The number of fused-ring (bicyclic) bond motifs is 2. The van der Waals surface area contributed by atoms with Gasteiger partial charge in [0.05, 0.1) is 5.75 Å². The molecule has 1 N–H and O–H groups in total. The van der Waals surface area contributed by atoms with Crippen LogP contribution < -0.4 is 5.32 Å². The first-order valence-electron chi connectivity index (χ1n) is 10.5. The molecular weight excluding hydrogens is 392 g/mol. The average Bonchev–Trinajstić information content (AvgIpc) is 3.42. The summed E-state index contributed by atoms with van der Waals surface area (Å²) < 4.78 is 0. The van der Waals surface area contributed by atoms with Gasteiger partial charge in [0.15, 0.2) is 0 Å². The Bertz CT molecular complexity index is 1030. The lowest BCUT2D eigenvalue weighted by molar-refractivity contribution is -0.119. The maximum atomic E-state index is 12.5. The minimum absolute atomic E-state index is 0.0644. The first-order chi connectivity index (χ1) is 14.8. The first kappa shape index (κ1) is 19.2. The number of amides is 1. The molecule has 0 unspecified atom stereocenters. The highest BCUT2D eigenvalue weighted by molar-refractivity contribution is 7.99. The van der Waals surface area contributed by atoms with Crippen molar-refractivity contribution in [3.63, 3.8) is 0 Å². The first-order valence-corrected chi connectivity index (χ1v) is 11.5. The Morgan fingerprint density at radius 1 is 0.900 bits per heavy atom. The summed E-state index contributed by atoms with van der Waals surface area (Å²) in [6.45, 7) is 0. The highest BCUT2D eigenvalue weighted by atomic mass is 32.2. The molecule has 2 aromatic carbocycles. The van der Waals surface area contributed by atoms with Gasteiger partial charge in [-0.05, 0) is 31.1 Å². The third kappa shape index (κ3) is 4.10. The van der Waals surface area contributed by atoms with Gasteiger partial charge in [0.25, 0.3) is 0 Å². The van der Waals surface area contributed by atoms with E-state index in [0.29, 0.717) is 22.9 Å². The van der Waals surface area contributed by atoms with E-state index in [2.05, 4.69) is 15.5 Å². The average molecular weight is 417 g/mol. The van der Waals surface area contributed by atoms with Crippen molar-refractivity contribution in [1.82, 2.24) is 20.5 Å². The van der Waals surface area contributed by atoms with E-state index in [9.17, 15) is 4.79 Å². The number of carbonyl (C=O) groups is 1. The van der Waals surface area contributed by atoms with Gasteiger partial charge in [0, 0.05) is 17.2 Å². The number of nitrogens with zero attached hydrogens (tertiary/aromatic N) is 3. The van der Waals surface area contributed by atoms with E-state index in [1.807, 2.05) is 60.7 Å². The lowest BCUT2D eigenvalue weighted by Crippen LogP contribution is -2.39. The summed E-state index contributed by atoms with van der Waals surface area (Å²) in [5.41, 5.74) is 3.49. The van der Waals surface area contributed by atoms with Crippen LogP contribution in [0.25, 0.3) is 22.5 Å². The summed E-state index contributed by atoms with van der Waals surface area (Å²) in [6, 6.07) is 20.3. The van der Waals surface area contributed by atoms with Crippen LogP contribution in [-0.4, -0.2) is 32.9 Å². The Morgan fingerprint density at radius 3 is 2.23 bits per heavy atom. The lowest BCUT2D eigenvalue weighted by Gasteiger charge is -2.22. The van der Waals surface area contributed by atoms with Gasteiger partial charge < -0.3 is 5.32 Å². The van der Waals surface area contributed by atoms with Gasteiger partial charge in [0.1, 0.15) is 11.4 Å². The van der Waals surface area contributed by atoms with Crippen molar-refractivity contribution in [3.05, 3.63) is 60.7 Å². The number of hydrogen-bond acceptors (Lipinski definition) is 5. The summed E-state index contributed by atoms with van der Waals surface area (Å²) in [5.74, 6) is 1.87. The molecular formula is C24H24N4OS. The second kappa shape index (κ2) is 8.56. The number of benzene rings is 2. The minimum atomic E-state index is 0.0644. The Kier molecular flexibility index (Phi) is 5.49. The highest BCUT2D eigenvalue weighted by Gasteiger charge is 2.40. The zero-order chi connectivity index (χ0) is 20.3. The summed E-state index contributed by atoms with van der Waals surface area (Å²) in [4.78, 5) is 17.3. The SMILES string of the molecule is O=C(CSc1nnc(-c2ccccc2)c(-c2ccccc2)n1)N[C@H]1C[C@@H]2CC[C@H]1C2. The summed E-state index contributed by atoms with van der Waals surface area (Å²) in [5, 5.41) is 12.5. The van der Waals surface area contributed by atoms with Crippen LogP contribution in [0.3, 0.4) is 0 Å². The smallest absolute Gasteiger partial charge is 0.230 e. The van der Waals surface area contributed by atoms with E-state index in [-0.39, 0.29) is 5.91 Å². The van der Waals surface area contributed by atoms with Crippen LogP contribution in [0.1, 0.15) is 25.7 Å². The third-order valence-electron chi connectivity index (χ3n) is 6.18. The van der Waals surface area contributed by atoms with E-state index in [1.165, 1.54) is 31.0 Å². The van der Waals surface area contributed by atoms with Crippen molar-refractivity contribution in [3.8, 4) is 22.5 Å². The molecule has 30 heavy (non-hydrogen) atoms. The van der Waals surface area contributed by atoms with E-state index in [1.54, 1.807) is 0 Å². The van der Waals surface area contributed by atoms with Gasteiger partial charge in [-0.1, -0.05) is 78.8 Å². The number of carbonyl (C=O) groups excluding carboxylic acids is 1. The van der Waals surface area contributed by atoms with Crippen molar-refractivity contribution in [2.24, 2.45) is 11.8 Å². The Hall–Kier alpha value is -2.73. The van der Waals surface area contributed by atoms with Gasteiger partial charge >= 0.3 is 0 Å². The van der Waals surface area contributed by atoms with Crippen molar-refractivity contribution in [1.29, 1.82) is 0 Å². The maximum Gasteiger partial charge on any atom is 0.230 e. The summed E-state index contributed by atoms with van der Waals surface area (Å²) in [7, 11) is 0. The van der Waals surface area contributed by atoms with Crippen molar-refractivity contribution in [2.75, 3.05) is 5.75 Å². The van der Waals surface area contributed by atoms with Crippen LogP contribution in [0, 0.1) is 11.8 Å². The summed E-state index contributed by atoms with van der Waals surface area (Å²) >= 11 is 1.35. The van der Waals surface area contributed by atoms with Gasteiger partial charge in [-0.3, -0.25) is 4.79 Å². The van der Waals surface area contributed by atoms with Crippen LogP contribution in [0.2, 0.25) is 0 Å². The molecule has 0 aliphatic heterocycles. The van der Waals surface area contributed by atoms with Crippen molar-refractivity contribution in [2.45, 2.75) is 36.9 Å². The molecule has 5 rings (SSSR count). The number of rotatable bonds is 6. The predicted octanol–water partition coefficient (Wildman–Crippen LogP) is 4.60. The fraction of sp³-hybridized carbons (Fsp3) is 0.333. The standard InChI is InChI=1S/C24H24N4OS/c29-21(25-20-14-16-11-12-19(20)13-16)15-30-24-26-22(17-7-3-1-4-8-17)23(27-28-24)18-9-5-2-6-10-18/h1-10,16,19-20H,11-15H2,(H,25,29)/t16-,19+,20+/m1/s1. The van der Waals surface area contributed by atoms with Crippen molar-refractivity contribution >= 4 is 17.7 Å². The van der Waals surface area contributed by atoms with Crippen LogP contribution in [0.4, 0.5) is 0 Å². The number of thioether (sulfide) groups is 1. The van der Waals surface area contributed by atoms with E-state index >= 15 is 0 Å². The van der Waals surface area contributed by atoms with E-state index in [0.717, 1.165) is 34.9 Å². The Labute approximate surface area is 180 Å². The molecule has 2 fully saturated rings. The fourth-order valence-electron chi connectivity index (χ4n) is 4.76. The van der Waals surface area contributed by atoms with Crippen molar-refractivity contribution < 1.29 is 4.79 Å². The minimum Gasteiger partial charge on any atom is -0.352 e. The molecule has 5 nitrogen and oxygen atoms in total.